The molecule has 0 fully saturated rings. The molecule has 0 bridgehead atoms. The van der Waals surface area contributed by atoms with Gasteiger partial charge < -0.3 is 5.73 Å². The summed E-state index contributed by atoms with van der Waals surface area (Å²) in [6, 6.07) is 4.67. The largest absolute Gasteiger partial charge is 0.324 e. The van der Waals surface area contributed by atoms with Crippen LogP contribution >= 0.6 is 15.9 Å². The highest BCUT2D eigenvalue weighted by atomic mass is 79.9. The number of halogens is 2. The first-order chi connectivity index (χ1) is 5.63. The van der Waals surface area contributed by atoms with Gasteiger partial charge in [0.2, 0.25) is 0 Å². The molecule has 0 aliphatic rings. The van der Waals surface area contributed by atoms with E-state index in [1.807, 2.05) is 13.0 Å². The molecule has 1 aromatic carbocycles. The van der Waals surface area contributed by atoms with Gasteiger partial charge in [0.1, 0.15) is 5.82 Å². The lowest BCUT2D eigenvalue weighted by molar-refractivity contribution is 0.615. The SMILES string of the molecule is CC[C@@H](N)c1cc(F)cc(Br)c1. The van der Waals surface area contributed by atoms with E-state index in [0.29, 0.717) is 0 Å². The van der Waals surface area contributed by atoms with Crippen molar-refractivity contribution in [2.24, 2.45) is 5.73 Å². The van der Waals surface area contributed by atoms with E-state index in [-0.39, 0.29) is 11.9 Å². The molecule has 0 saturated carbocycles. The van der Waals surface area contributed by atoms with E-state index in [1.54, 1.807) is 0 Å². The summed E-state index contributed by atoms with van der Waals surface area (Å²) in [6.07, 6.45) is 0.815. The van der Waals surface area contributed by atoms with Crippen molar-refractivity contribution in [3.05, 3.63) is 34.1 Å². The van der Waals surface area contributed by atoms with Crippen molar-refractivity contribution in [1.82, 2.24) is 0 Å². The predicted octanol–water partition coefficient (Wildman–Crippen LogP) is 3.00. The van der Waals surface area contributed by atoms with Crippen molar-refractivity contribution in [2.75, 3.05) is 0 Å². The summed E-state index contributed by atoms with van der Waals surface area (Å²) in [4.78, 5) is 0. The van der Waals surface area contributed by atoms with Gasteiger partial charge in [-0.1, -0.05) is 22.9 Å². The summed E-state index contributed by atoms with van der Waals surface area (Å²) in [5.74, 6) is -0.247. The Kier molecular flexibility index (Phi) is 3.23. The van der Waals surface area contributed by atoms with E-state index < -0.39 is 0 Å². The third-order valence-corrected chi connectivity index (χ3v) is 2.21. The van der Waals surface area contributed by atoms with Gasteiger partial charge in [0.25, 0.3) is 0 Å². The molecule has 0 radical (unpaired) electrons. The third-order valence-electron chi connectivity index (χ3n) is 1.75. The van der Waals surface area contributed by atoms with Gasteiger partial charge in [-0.25, -0.2) is 4.39 Å². The van der Waals surface area contributed by atoms with Crippen LogP contribution in [0.25, 0.3) is 0 Å². The van der Waals surface area contributed by atoms with Crippen molar-refractivity contribution >= 4 is 15.9 Å². The molecule has 0 amide bonds. The summed E-state index contributed by atoms with van der Waals surface area (Å²) in [5.41, 5.74) is 6.58. The average Bonchev–Trinajstić information content (AvgIpc) is 2.01. The van der Waals surface area contributed by atoms with Crippen LogP contribution in [0.2, 0.25) is 0 Å². The van der Waals surface area contributed by atoms with Gasteiger partial charge >= 0.3 is 0 Å². The second-order valence-corrected chi connectivity index (χ2v) is 3.63. The van der Waals surface area contributed by atoms with Gasteiger partial charge in [-0.3, -0.25) is 0 Å². The van der Waals surface area contributed by atoms with Gasteiger partial charge in [0.05, 0.1) is 0 Å². The quantitative estimate of drug-likeness (QED) is 0.833. The smallest absolute Gasteiger partial charge is 0.124 e. The Morgan fingerprint density at radius 1 is 1.50 bits per heavy atom. The number of benzene rings is 1. The number of hydrogen-bond acceptors (Lipinski definition) is 1. The molecule has 66 valence electrons. The molecule has 0 aliphatic carbocycles. The molecule has 2 N–H and O–H groups in total. The van der Waals surface area contributed by atoms with E-state index in [1.165, 1.54) is 12.1 Å². The summed E-state index contributed by atoms with van der Waals surface area (Å²) in [6.45, 7) is 1.98. The van der Waals surface area contributed by atoms with Crippen molar-refractivity contribution in [1.29, 1.82) is 0 Å². The molecule has 1 atom stereocenters. The molecule has 0 spiro atoms. The van der Waals surface area contributed by atoms with Crippen LogP contribution in [0.3, 0.4) is 0 Å². The molecular formula is C9H11BrFN. The first-order valence-corrected chi connectivity index (χ1v) is 4.64. The van der Waals surface area contributed by atoms with Crippen LogP contribution in [-0.2, 0) is 0 Å². The van der Waals surface area contributed by atoms with E-state index in [0.717, 1.165) is 16.5 Å². The van der Waals surface area contributed by atoms with Gasteiger partial charge in [-0.05, 0) is 30.2 Å². The molecule has 12 heavy (non-hydrogen) atoms. The Morgan fingerprint density at radius 3 is 2.67 bits per heavy atom. The summed E-state index contributed by atoms with van der Waals surface area (Å²) in [5, 5.41) is 0. The number of nitrogens with two attached hydrogens (primary N) is 1. The molecule has 0 aromatic heterocycles. The standard InChI is InChI=1S/C9H11BrFN/c1-2-9(12)6-3-7(10)5-8(11)4-6/h3-5,9H,2,12H2,1H3/t9-/m1/s1. The summed E-state index contributed by atoms with van der Waals surface area (Å²) >= 11 is 3.21. The lowest BCUT2D eigenvalue weighted by atomic mass is 10.1. The Bertz CT molecular complexity index is 255. The first kappa shape index (κ1) is 9.68. The highest BCUT2D eigenvalue weighted by molar-refractivity contribution is 9.10. The van der Waals surface area contributed by atoms with E-state index >= 15 is 0 Å². The minimum absolute atomic E-state index is 0.0722. The highest BCUT2D eigenvalue weighted by Crippen LogP contribution is 2.20. The monoisotopic (exact) mass is 231 g/mol. The zero-order chi connectivity index (χ0) is 9.14. The molecule has 0 heterocycles. The van der Waals surface area contributed by atoms with Crippen molar-refractivity contribution in [3.8, 4) is 0 Å². The molecule has 1 nitrogen and oxygen atoms in total. The third kappa shape index (κ3) is 2.29. The van der Waals surface area contributed by atoms with Crippen LogP contribution in [-0.4, -0.2) is 0 Å². The Morgan fingerprint density at radius 2 is 2.17 bits per heavy atom. The van der Waals surface area contributed by atoms with Gasteiger partial charge in [0.15, 0.2) is 0 Å². The van der Waals surface area contributed by atoms with E-state index in [4.69, 9.17) is 5.73 Å². The molecule has 1 rings (SSSR count). The Balaban J connectivity index is 3.00. The van der Waals surface area contributed by atoms with Gasteiger partial charge in [0, 0.05) is 10.5 Å². The zero-order valence-electron chi connectivity index (χ0n) is 6.85. The second kappa shape index (κ2) is 4.01. The van der Waals surface area contributed by atoms with Gasteiger partial charge in [-0.15, -0.1) is 0 Å². The highest BCUT2D eigenvalue weighted by Gasteiger charge is 2.05. The van der Waals surface area contributed by atoms with Crippen LogP contribution in [0.4, 0.5) is 4.39 Å². The van der Waals surface area contributed by atoms with Crippen molar-refractivity contribution < 1.29 is 4.39 Å². The van der Waals surface area contributed by atoms with Gasteiger partial charge in [-0.2, -0.15) is 0 Å². The van der Waals surface area contributed by atoms with E-state index in [2.05, 4.69) is 15.9 Å². The summed E-state index contributed by atoms with van der Waals surface area (Å²) < 4.78 is 13.6. The molecule has 1 aromatic rings. The predicted molar refractivity (Wildman–Crippen MR) is 51.3 cm³/mol. The maximum Gasteiger partial charge on any atom is 0.124 e. The normalized spacial score (nSPS) is 13.0. The summed E-state index contributed by atoms with van der Waals surface area (Å²) in [7, 11) is 0. The van der Waals surface area contributed by atoms with Crippen LogP contribution in [0.5, 0.6) is 0 Å². The lowest BCUT2D eigenvalue weighted by Gasteiger charge is -2.09. The van der Waals surface area contributed by atoms with Crippen molar-refractivity contribution in [3.63, 3.8) is 0 Å². The number of rotatable bonds is 2. The molecule has 0 unspecified atom stereocenters. The fraction of sp³-hybridized carbons (Fsp3) is 0.333. The fourth-order valence-corrected chi connectivity index (χ4v) is 1.51. The van der Waals surface area contributed by atoms with E-state index in [9.17, 15) is 4.39 Å². The topological polar surface area (TPSA) is 26.0 Å². The number of hydrogen-bond donors (Lipinski definition) is 1. The Labute approximate surface area is 79.9 Å². The minimum Gasteiger partial charge on any atom is -0.324 e. The zero-order valence-corrected chi connectivity index (χ0v) is 8.44. The van der Waals surface area contributed by atoms with Crippen LogP contribution < -0.4 is 5.73 Å². The molecule has 0 saturated heterocycles. The fourth-order valence-electron chi connectivity index (χ4n) is 1.02. The molecular weight excluding hydrogens is 221 g/mol. The van der Waals surface area contributed by atoms with Crippen LogP contribution in [0.1, 0.15) is 24.9 Å². The van der Waals surface area contributed by atoms with Crippen LogP contribution in [0, 0.1) is 5.82 Å². The van der Waals surface area contributed by atoms with Crippen molar-refractivity contribution in [2.45, 2.75) is 19.4 Å². The Hall–Kier alpha value is -0.410. The van der Waals surface area contributed by atoms with Crippen LogP contribution in [0.15, 0.2) is 22.7 Å². The second-order valence-electron chi connectivity index (χ2n) is 2.72. The lowest BCUT2D eigenvalue weighted by Crippen LogP contribution is -2.08. The maximum atomic E-state index is 12.8. The molecule has 3 heteroatoms. The average molecular weight is 232 g/mol. The molecule has 0 aliphatic heterocycles. The first-order valence-electron chi connectivity index (χ1n) is 3.85. The minimum atomic E-state index is -0.247. The maximum absolute atomic E-state index is 12.8.